The van der Waals surface area contributed by atoms with E-state index in [1.54, 1.807) is 13.8 Å². The number of hydrogen-bond donors (Lipinski definition) is 2. The van der Waals surface area contributed by atoms with Gasteiger partial charge in [0, 0.05) is 18.1 Å². The maximum atomic E-state index is 13.6. The lowest BCUT2D eigenvalue weighted by atomic mass is 9.98. The van der Waals surface area contributed by atoms with E-state index in [0.29, 0.717) is 39.1 Å². The fraction of sp³-hybridized carbons (Fsp3) is 0.519. The van der Waals surface area contributed by atoms with E-state index in [4.69, 9.17) is 19.9 Å². The summed E-state index contributed by atoms with van der Waals surface area (Å²) in [5.41, 5.74) is 6.56. The fourth-order valence-corrected chi connectivity index (χ4v) is 9.21. The van der Waals surface area contributed by atoms with Crippen molar-refractivity contribution in [1.29, 1.82) is 0 Å². The molecule has 7 nitrogen and oxygen atoms in total. The van der Waals surface area contributed by atoms with Crippen molar-refractivity contribution in [3.8, 4) is 11.5 Å². The van der Waals surface area contributed by atoms with Gasteiger partial charge in [0.2, 0.25) is 5.91 Å². The molecule has 3 rings (SSSR count). The molecule has 0 spiro atoms. The Labute approximate surface area is 219 Å². The molecule has 1 aliphatic heterocycles. The molecule has 3 N–H and O–H groups in total. The van der Waals surface area contributed by atoms with E-state index in [2.05, 4.69) is 0 Å². The van der Waals surface area contributed by atoms with Crippen LogP contribution in [0.25, 0.3) is 0 Å². The van der Waals surface area contributed by atoms with Gasteiger partial charge in [-0.1, -0.05) is 37.4 Å². The van der Waals surface area contributed by atoms with Crippen LogP contribution in [0.4, 0.5) is 0 Å². The minimum atomic E-state index is -2.97. The van der Waals surface area contributed by atoms with Gasteiger partial charge >= 0.3 is 0 Å². The Bertz CT molecular complexity index is 977. The summed E-state index contributed by atoms with van der Waals surface area (Å²) >= 11 is 1.23. The molecule has 2 aromatic rings. The lowest BCUT2D eigenvalue weighted by Gasteiger charge is -2.38. The lowest BCUT2D eigenvalue weighted by molar-refractivity contribution is -0.122. The summed E-state index contributed by atoms with van der Waals surface area (Å²) < 4.78 is 29.9. The summed E-state index contributed by atoms with van der Waals surface area (Å²) in [6, 6.07) is 14.8. The summed E-state index contributed by atoms with van der Waals surface area (Å²) in [5.74, 6) is 0.986. The van der Waals surface area contributed by atoms with E-state index in [0.717, 1.165) is 34.8 Å². The zero-order valence-corrected chi connectivity index (χ0v) is 23.5. The number of amides is 1. The number of aliphatic hydroxyl groups is 1. The molecule has 2 atom stereocenters. The minimum absolute atomic E-state index is 0.386. The quantitative estimate of drug-likeness (QED) is 0.251. The third kappa shape index (κ3) is 8.01. The molecule has 2 aromatic carbocycles. The molecule has 1 fully saturated rings. The largest absolute Gasteiger partial charge is 0.497 e. The highest BCUT2D eigenvalue weighted by Gasteiger charge is 2.51. The standard InChI is InChI=1S/C25H34NO6PS.C2H6/c1-30-20-8-6-19(7-9-20)23(27)5-3-4-16-32-21-10-12-22(13-11-21)34-33(2,29)25(24(26)28)14-17-31-18-15-25;1-2/h6-13,23,27H,3-5,14-18H2,1-2H3,(H2,26,28);1-2H3. The van der Waals surface area contributed by atoms with Gasteiger partial charge < -0.3 is 29.6 Å². The van der Waals surface area contributed by atoms with E-state index in [-0.39, 0.29) is 0 Å². The second kappa shape index (κ2) is 14.7. The van der Waals surface area contributed by atoms with E-state index in [1.807, 2.05) is 62.4 Å². The Kier molecular flexibility index (Phi) is 12.3. The first-order valence-corrected chi connectivity index (χ1v) is 16.0. The molecular formula is C27H40NO6PS. The molecular weight excluding hydrogens is 497 g/mol. The average Bonchev–Trinajstić information content (AvgIpc) is 2.90. The topological polar surface area (TPSA) is 108 Å². The summed E-state index contributed by atoms with van der Waals surface area (Å²) in [7, 11) is 1.62. The minimum Gasteiger partial charge on any atom is -0.497 e. The smallest absolute Gasteiger partial charge is 0.232 e. The van der Waals surface area contributed by atoms with Crippen LogP contribution in [-0.4, -0.2) is 49.8 Å². The molecule has 0 radical (unpaired) electrons. The molecule has 0 aromatic heterocycles. The van der Waals surface area contributed by atoms with Crippen molar-refractivity contribution >= 4 is 23.6 Å². The predicted octanol–water partition coefficient (Wildman–Crippen LogP) is 6.04. The van der Waals surface area contributed by atoms with Gasteiger partial charge in [-0.05, 0) is 80.7 Å². The first-order chi connectivity index (χ1) is 17.3. The summed E-state index contributed by atoms with van der Waals surface area (Å²) in [4.78, 5) is 13.0. The number of methoxy groups -OCH3 is 1. The number of nitrogens with two attached hydrogens (primary N) is 1. The summed E-state index contributed by atoms with van der Waals surface area (Å²) in [6.07, 6.45) is -0.401. The number of aliphatic hydroxyl groups excluding tert-OH is 1. The summed E-state index contributed by atoms with van der Waals surface area (Å²) in [6.45, 7) is 6.98. The number of unbranched alkanes of at least 4 members (excludes halogenated alkanes) is 1. The van der Waals surface area contributed by atoms with Gasteiger partial charge in [-0.3, -0.25) is 4.79 Å². The second-order valence-electron chi connectivity index (χ2n) is 8.55. The lowest BCUT2D eigenvalue weighted by Crippen LogP contribution is -2.47. The molecule has 36 heavy (non-hydrogen) atoms. The van der Waals surface area contributed by atoms with Crippen LogP contribution in [0.15, 0.2) is 53.4 Å². The van der Waals surface area contributed by atoms with Crippen LogP contribution in [0.3, 0.4) is 0 Å². The second-order valence-corrected chi connectivity index (χ2v) is 14.4. The highest BCUT2D eigenvalue weighted by atomic mass is 32.7. The van der Waals surface area contributed by atoms with Gasteiger partial charge in [0.1, 0.15) is 16.7 Å². The van der Waals surface area contributed by atoms with Crippen molar-refractivity contribution in [2.24, 2.45) is 5.73 Å². The van der Waals surface area contributed by atoms with Crippen LogP contribution in [0.1, 0.15) is 57.6 Å². The molecule has 0 bridgehead atoms. The van der Waals surface area contributed by atoms with Crippen LogP contribution in [-0.2, 0) is 14.1 Å². The Hall–Kier alpha value is -1.99. The molecule has 1 heterocycles. The fourth-order valence-electron chi connectivity index (χ4n) is 4.07. The van der Waals surface area contributed by atoms with Gasteiger partial charge in [-0.15, -0.1) is 0 Å². The van der Waals surface area contributed by atoms with Gasteiger partial charge in [-0.2, -0.15) is 0 Å². The van der Waals surface area contributed by atoms with E-state index < -0.39 is 23.5 Å². The van der Waals surface area contributed by atoms with Gasteiger partial charge in [0.05, 0.1) is 19.8 Å². The summed E-state index contributed by atoms with van der Waals surface area (Å²) in [5, 5.41) is 9.30. The molecule has 0 saturated carbocycles. The monoisotopic (exact) mass is 537 g/mol. The van der Waals surface area contributed by atoms with Crippen molar-refractivity contribution in [3.63, 3.8) is 0 Å². The molecule has 9 heteroatoms. The average molecular weight is 538 g/mol. The third-order valence-electron chi connectivity index (χ3n) is 6.30. The van der Waals surface area contributed by atoms with Crippen molar-refractivity contribution < 1.29 is 28.7 Å². The first-order valence-electron chi connectivity index (χ1n) is 12.5. The molecule has 1 amide bonds. The number of rotatable bonds is 12. The van der Waals surface area contributed by atoms with Crippen LogP contribution in [0.5, 0.6) is 11.5 Å². The number of benzene rings is 2. The molecule has 0 aliphatic carbocycles. The van der Waals surface area contributed by atoms with Crippen molar-refractivity contribution in [2.45, 2.75) is 62.1 Å². The number of carbonyl (C=O) groups excluding carboxylic acids is 1. The Morgan fingerprint density at radius 2 is 1.67 bits per heavy atom. The normalized spacial score (nSPS) is 17.1. The van der Waals surface area contributed by atoms with Gasteiger partial charge in [0.15, 0.2) is 6.34 Å². The van der Waals surface area contributed by atoms with Gasteiger partial charge in [-0.25, -0.2) is 0 Å². The Morgan fingerprint density at radius 3 is 2.22 bits per heavy atom. The third-order valence-corrected chi connectivity index (χ3v) is 12.1. The van der Waals surface area contributed by atoms with Crippen molar-refractivity contribution in [2.75, 3.05) is 33.6 Å². The first kappa shape index (κ1) is 30.2. The Morgan fingerprint density at radius 1 is 1.08 bits per heavy atom. The number of primary amides is 1. The highest BCUT2D eigenvalue weighted by Crippen LogP contribution is 2.70. The Balaban J connectivity index is 0.00000222. The van der Waals surface area contributed by atoms with E-state index >= 15 is 0 Å². The van der Waals surface area contributed by atoms with Crippen LogP contribution >= 0.6 is 17.7 Å². The number of ether oxygens (including phenoxy) is 3. The maximum Gasteiger partial charge on any atom is 0.232 e. The van der Waals surface area contributed by atoms with E-state index in [9.17, 15) is 14.5 Å². The molecule has 200 valence electrons. The zero-order valence-electron chi connectivity index (χ0n) is 21.8. The van der Waals surface area contributed by atoms with Crippen LogP contribution < -0.4 is 15.2 Å². The number of hydrogen-bond acceptors (Lipinski definition) is 7. The molecule has 2 unspecified atom stereocenters. The SMILES string of the molecule is CC.COc1ccc(C(O)CCCCOc2ccc(SP(C)(=O)C3(C(N)=O)CCOCC3)cc2)cc1. The van der Waals surface area contributed by atoms with E-state index in [1.165, 1.54) is 11.4 Å². The molecule has 1 aliphatic rings. The van der Waals surface area contributed by atoms with Gasteiger partial charge in [0.25, 0.3) is 0 Å². The maximum absolute atomic E-state index is 13.6. The number of carbonyl (C=O) groups is 1. The zero-order chi connectivity index (χ0) is 26.6. The van der Waals surface area contributed by atoms with Crippen molar-refractivity contribution in [1.82, 2.24) is 0 Å². The molecule has 1 saturated heterocycles. The predicted molar refractivity (Wildman–Crippen MR) is 146 cm³/mol. The highest BCUT2D eigenvalue weighted by molar-refractivity contribution is 8.58. The van der Waals surface area contributed by atoms with Crippen LogP contribution in [0.2, 0.25) is 0 Å². The van der Waals surface area contributed by atoms with Crippen LogP contribution in [0, 0.1) is 0 Å². The van der Waals surface area contributed by atoms with Crippen molar-refractivity contribution in [3.05, 3.63) is 54.1 Å².